The summed E-state index contributed by atoms with van der Waals surface area (Å²) in [6, 6.07) is 16.9. The maximum atomic E-state index is 14.5. The molecule has 36 heavy (non-hydrogen) atoms. The van der Waals surface area contributed by atoms with Gasteiger partial charge in [0, 0.05) is 62.6 Å². The number of ether oxygens (including phenoxy) is 1. The van der Waals surface area contributed by atoms with Crippen LogP contribution in [0.2, 0.25) is 0 Å². The molecule has 0 bridgehead atoms. The number of β-amino-alcohol motifs (C(OH)–C–C–N with tert-alkyl or cyclic N) is 1. The second-order valence-electron chi connectivity index (χ2n) is 9.44. The van der Waals surface area contributed by atoms with E-state index < -0.39 is 6.10 Å². The second kappa shape index (κ2) is 12.9. The monoisotopic (exact) mass is 492 g/mol. The highest BCUT2D eigenvalue weighted by Crippen LogP contribution is 2.29. The van der Waals surface area contributed by atoms with Crippen molar-refractivity contribution < 1.29 is 14.2 Å². The summed E-state index contributed by atoms with van der Waals surface area (Å²) in [4.78, 5) is 14.4. The summed E-state index contributed by atoms with van der Waals surface area (Å²) in [5, 5.41) is 10.4. The first-order valence-electron chi connectivity index (χ1n) is 12.9. The molecule has 0 unspecified atom stereocenters. The molecule has 7 heteroatoms. The molecule has 1 aromatic heterocycles. The minimum absolute atomic E-state index is 0.213. The highest BCUT2D eigenvalue weighted by Gasteiger charge is 2.24. The van der Waals surface area contributed by atoms with Gasteiger partial charge < -0.3 is 14.7 Å². The van der Waals surface area contributed by atoms with Crippen molar-refractivity contribution in [2.45, 2.75) is 39.2 Å². The van der Waals surface area contributed by atoms with E-state index in [2.05, 4.69) is 16.7 Å². The number of nitrogens with zero attached hydrogens (tertiary/aromatic N) is 4. The van der Waals surface area contributed by atoms with Gasteiger partial charge in [-0.25, -0.2) is 14.4 Å². The number of aliphatic hydroxyl groups is 1. The van der Waals surface area contributed by atoms with E-state index in [0.717, 1.165) is 61.7 Å². The molecule has 0 saturated carbocycles. The first kappa shape index (κ1) is 26.2. The lowest BCUT2D eigenvalue weighted by Gasteiger charge is -2.37. The molecule has 1 N–H and O–H groups in total. The van der Waals surface area contributed by atoms with Crippen LogP contribution in [-0.4, -0.2) is 72.0 Å². The summed E-state index contributed by atoms with van der Waals surface area (Å²) < 4.78 is 20.1. The highest BCUT2D eigenvalue weighted by molar-refractivity contribution is 5.61. The van der Waals surface area contributed by atoms with Crippen molar-refractivity contribution in [1.82, 2.24) is 14.9 Å². The number of aliphatic hydroxyl groups excluding tert-OH is 1. The fraction of sp³-hybridized carbons (Fsp3) is 0.448. The molecule has 1 saturated heterocycles. The first-order valence-corrected chi connectivity index (χ1v) is 12.9. The fourth-order valence-corrected chi connectivity index (χ4v) is 4.56. The van der Waals surface area contributed by atoms with Crippen LogP contribution in [0.15, 0.2) is 54.6 Å². The van der Waals surface area contributed by atoms with Gasteiger partial charge in [0.25, 0.3) is 0 Å². The topological polar surface area (TPSA) is 61.7 Å². The van der Waals surface area contributed by atoms with Crippen molar-refractivity contribution >= 4 is 5.82 Å². The predicted octanol–water partition coefficient (Wildman–Crippen LogP) is 4.48. The molecule has 0 radical (unpaired) electrons. The molecule has 2 aromatic carbocycles. The van der Waals surface area contributed by atoms with Crippen LogP contribution >= 0.6 is 0 Å². The van der Waals surface area contributed by atoms with Crippen LogP contribution in [0.25, 0.3) is 11.4 Å². The standard InChI is InChI=1S/C29H37FN4O2/c1-3-4-18-36-21-25(35)20-33-14-16-34(17-15-33)29-26(19-24-12-8-9-13-27(24)30)22(2)31-28(32-29)23-10-6-5-7-11-23/h5-13,25,35H,3-4,14-21H2,1-2H3/t25-/m0/s1. The van der Waals surface area contributed by atoms with Gasteiger partial charge in [0.1, 0.15) is 11.6 Å². The average molecular weight is 493 g/mol. The van der Waals surface area contributed by atoms with Crippen molar-refractivity contribution in [3.8, 4) is 11.4 Å². The number of piperazine rings is 1. The molecule has 1 aliphatic rings. The SMILES string of the molecule is CCCCOC[C@@H](O)CN1CCN(c2nc(-c3ccccc3)nc(C)c2Cc2ccccc2F)CC1. The van der Waals surface area contributed by atoms with Crippen molar-refractivity contribution in [2.24, 2.45) is 0 Å². The third-order valence-electron chi connectivity index (χ3n) is 6.64. The van der Waals surface area contributed by atoms with E-state index in [1.807, 2.05) is 49.4 Å². The lowest BCUT2D eigenvalue weighted by atomic mass is 10.0. The van der Waals surface area contributed by atoms with E-state index in [1.54, 1.807) is 6.07 Å². The lowest BCUT2D eigenvalue weighted by molar-refractivity contribution is 0.0150. The van der Waals surface area contributed by atoms with Crippen LogP contribution in [0.4, 0.5) is 10.2 Å². The van der Waals surface area contributed by atoms with E-state index in [9.17, 15) is 9.50 Å². The number of hydrogen-bond acceptors (Lipinski definition) is 6. The number of rotatable bonds is 11. The summed E-state index contributed by atoms with van der Waals surface area (Å²) in [7, 11) is 0. The number of aromatic nitrogens is 2. The molecule has 3 aromatic rings. The van der Waals surface area contributed by atoms with Gasteiger partial charge in [-0.05, 0) is 25.0 Å². The van der Waals surface area contributed by atoms with Gasteiger partial charge in [0.2, 0.25) is 0 Å². The Hall–Kier alpha value is -2.87. The van der Waals surface area contributed by atoms with E-state index in [0.29, 0.717) is 37.6 Å². The Morgan fingerprint density at radius 2 is 1.72 bits per heavy atom. The molecule has 1 atom stereocenters. The number of unbranched alkanes of at least 4 members (excludes halogenated alkanes) is 1. The summed E-state index contributed by atoms with van der Waals surface area (Å²) >= 11 is 0. The zero-order chi connectivity index (χ0) is 25.3. The fourth-order valence-electron chi connectivity index (χ4n) is 4.56. The Kier molecular flexibility index (Phi) is 9.39. The molecule has 6 nitrogen and oxygen atoms in total. The van der Waals surface area contributed by atoms with E-state index in [4.69, 9.17) is 14.7 Å². The first-order chi connectivity index (χ1) is 17.5. The minimum Gasteiger partial charge on any atom is -0.389 e. The molecule has 1 fully saturated rings. The smallest absolute Gasteiger partial charge is 0.161 e. The van der Waals surface area contributed by atoms with Gasteiger partial charge in [-0.2, -0.15) is 0 Å². The van der Waals surface area contributed by atoms with E-state index in [1.165, 1.54) is 6.07 Å². The Labute approximate surface area is 213 Å². The number of anilines is 1. The van der Waals surface area contributed by atoms with E-state index >= 15 is 0 Å². The van der Waals surface area contributed by atoms with Crippen LogP contribution in [-0.2, 0) is 11.2 Å². The van der Waals surface area contributed by atoms with Crippen LogP contribution in [0.3, 0.4) is 0 Å². The molecule has 0 aliphatic carbocycles. The maximum absolute atomic E-state index is 14.5. The lowest BCUT2D eigenvalue weighted by Crippen LogP contribution is -2.49. The Morgan fingerprint density at radius 3 is 2.44 bits per heavy atom. The quantitative estimate of drug-likeness (QED) is 0.398. The van der Waals surface area contributed by atoms with Crippen LogP contribution in [0, 0.1) is 12.7 Å². The Balaban J connectivity index is 1.51. The average Bonchev–Trinajstić information content (AvgIpc) is 2.90. The van der Waals surface area contributed by atoms with Gasteiger partial charge in [0.05, 0.1) is 12.7 Å². The normalized spacial score (nSPS) is 15.3. The molecule has 192 valence electrons. The van der Waals surface area contributed by atoms with Crippen molar-refractivity contribution in [3.63, 3.8) is 0 Å². The molecular formula is C29H37FN4O2. The van der Waals surface area contributed by atoms with Gasteiger partial charge in [-0.1, -0.05) is 61.9 Å². The number of hydrogen-bond donors (Lipinski definition) is 1. The van der Waals surface area contributed by atoms with Gasteiger partial charge in [-0.3, -0.25) is 4.90 Å². The van der Waals surface area contributed by atoms with E-state index in [-0.39, 0.29) is 5.82 Å². The largest absolute Gasteiger partial charge is 0.389 e. The minimum atomic E-state index is -0.490. The molecule has 4 rings (SSSR count). The Morgan fingerprint density at radius 1 is 1.00 bits per heavy atom. The summed E-state index contributed by atoms with van der Waals surface area (Å²) in [6.45, 7) is 8.96. The van der Waals surface area contributed by atoms with Gasteiger partial charge in [0.15, 0.2) is 5.82 Å². The zero-order valence-electron chi connectivity index (χ0n) is 21.4. The highest BCUT2D eigenvalue weighted by atomic mass is 19.1. The van der Waals surface area contributed by atoms with Crippen LogP contribution in [0.5, 0.6) is 0 Å². The second-order valence-corrected chi connectivity index (χ2v) is 9.44. The third kappa shape index (κ3) is 6.87. The Bertz CT molecular complexity index is 1100. The van der Waals surface area contributed by atoms with Crippen molar-refractivity contribution in [1.29, 1.82) is 0 Å². The number of aryl methyl sites for hydroxylation is 1. The zero-order valence-corrected chi connectivity index (χ0v) is 21.4. The third-order valence-corrected chi connectivity index (χ3v) is 6.64. The number of halogens is 1. The maximum Gasteiger partial charge on any atom is 0.161 e. The van der Waals surface area contributed by atoms with Crippen LogP contribution in [0.1, 0.15) is 36.6 Å². The summed E-state index contributed by atoms with van der Waals surface area (Å²) in [6.07, 6.45) is 2.06. The van der Waals surface area contributed by atoms with Crippen molar-refractivity contribution in [2.75, 3.05) is 50.8 Å². The molecule has 2 heterocycles. The number of benzene rings is 2. The molecular weight excluding hydrogens is 455 g/mol. The van der Waals surface area contributed by atoms with Gasteiger partial charge >= 0.3 is 0 Å². The molecule has 0 spiro atoms. The van der Waals surface area contributed by atoms with Crippen LogP contribution < -0.4 is 4.90 Å². The molecule has 0 amide bonds. The summed E-state index contributed by atoms with van der Waals surface area (Å²) in [5.74, 6) is 1.34. The van der Waals surface area contributed by atoms with Crippen molar-refractivity contribution in [3.05, 3.63) is 77.2 Å². The summed E-state index contributed by atoms with van der Waals surface area (Å²) in [5.41, 5.74) is 3.42. The predicted molar refractivity (Wildman–Crippen MR) is 142 cm³/mol. The van der Waals surface area contributed by atoms with Gasteiger partial charge in [-0.15, -0.1) is 0 Å². The molecule has 1 aliphatic heterocycles.